The van der Waals surface area contributed by atoms with Crippen LogP contribution in [-0.2, 0) is 11.2 Å². The molecular formula is C18H21BrF6N4O. The lowest BCUT2D eigenvalue weighted by Crippen LogP contribution is -2.52. The zero-order chi connectivity index (χ0) is 22.6. The Hall–Kier alpha value is -1.95. The Kier molecular flexibility index (Phi) is 8.42. The van der Waals surface area contributed by atoms with Gasteiger partial charge in [-0.25, -0.2) is 22.0 Å². The molecule has 0 aliphatic carbocycles. The number of fused-ring (bicyclic) bond motifs is 1. The molecule has 0 spiro atoms. The normalized spacial score (nSPS) is 19.3. The molecule has 5 nitrogen and oxygen atoms in total. The Balaban J connectivity index is 0.00000155. The van der Waals surface area contributed by atoms with Gasteiger partial charge in [0.1, 0.15) is 10.4 Å². The van der Waals surface area contributed by atoms with Gasteiger partial charge in [0.25, 0.3) is 6.43 Å². The van der Waals surface area contributed by atoms with E-state index in [2.05, 4.69) is 21.2 Å². The van der Waals surface area contributed by atoms with Gasteiger partial charge in [0.2, 0.25) is 5.91 Å². The number of nitrogens with one attached hydrogen (secondary N) is 1. The van der Waals surface area contributed by atoms with Crippen LogP contribution in [0.4, 0.5) is 26.3 Å². The predicted octanol–water partition coefficient (Wildman–Crippen LogP) is 2.85. The Morgan fingerprint density at radius 2 is 1.83 bits per heavy atom. The largest absolute Gasteiger partial charge is 0.353 e. The number of amides is 1. The van der Waals surface area contributed by atoms with Gasteiger partial charge in [-0.1, -0.05) is 0 Å². The molecule has 168 valence electrons. The van der Waals surface area contributed by atoms with E-state index in [1.165, 1.54) is 9.80 Å². The summed E-state index contributed by atoms with van der Waals surface area (Å²) in [5.41, 5.74) is 6.32. The smallest absolute Gasteiger partial charge is 0.276 e. The first-order valence-electron chi connectivity index (χ1n) is 8.92. The second-order valence-electron chi connectivity index (χ2n) is 6.72. The van der Waals surface area contributed by atoms with Crippen LogP contribution in [0.3, 0.4) is 0 Å². The minimum absolute atomic E-state index is 0.116. The Labute approximate surface area is 178 Å². The van der Waals surface area contributed by atoms with Crippen LogP contribution in [0.5, 0.6) is 0 Å². The molecule has 1 aromatic rings. The first-order chi connectivity index (χ1) is 14.2. The minimum atomic E-state index is -2.59. The highest BCUT2D eigenvalue weighted by Crippen LogP contribution is 2.30. The van der Waals surface area contributed by atoms with E-state index in [4.69, 9.17) is 5.73 Å². The number of piperazine rings is 1. The number of hydrogen-bond acceptors (Lipinski definition) is 4. The lowest BCUT2D eigenvalue weighted by atomic mass is 10.0. The number of halogens is 7. The Morgan fingerprint density at radius 1 is 1.20 bits per heavy atom. The van der Waals surface area contributed by atoms with Crippen molar-refractivity contribution in [3.63, 3.8) is 0 Å². The molecule has 0 bridgehead atoms. The maximum absolute atomic E-state index is 13.7. The SMILES string of the molecule is CF.NC(CC(=O)N1CCN2C(=C(Br)NC2C(F)F)C1)Cc1cc(F)c(F)cc1F. The van der Waals surface area contributed by atoms with E-state index in [1.807, 2.05) is 0 Å². The zero-order valence-electron chi connectivity index (χ0n) is 15.9. The maximum Gasteiger partial charge on any atom is 0.276 e. The minimum Gasteiger partial charge on any atom is -0.353 e. The topological polar surface area (TPSA) is 61.6 Å². The quantitative estimate of drug-likeness (QED) is 0.369. The van der Waals surface area contributed by atoms with Crippen molar-refractivity contribution in [3.8, 4) is 0 Å². The van der Waals surface area contributed by atoms with Crippen LogP contribution in [0.15, 0.2) is 22.4 Å². The number of benzene rings is 1. The molecule has 0 radical (unpaired) electrons. The highest BCUT2D eigenvalue weighted by Gasteiger charge is 2.40. The summed E-state index contributed by atoms with van der Waals surface area (Å²) in [5, 5.41) is 2.65. The van der Waals surface area contributed by atoms with Crippen LogP contribution >= 0.6 is 15.9 Å². The summed E-state index contributed by atoms with van der Waals surface area (Å²) in [7, 11) is 0.500. The summed E-state index contributed by atoms with van der Waals surface area (Å²) in [5.74, 6) is -3.75. The van der Waals surface area contributed by atoms with Gasteiger partial charge in [-0.2, -0.15) is 0 Å². The van der Waals surface area contributed by atoms with Gasteiger partial charge in [-0.3, -0.25) is 9.18 Å². The third-order valence-corrected chi connectivity index (χ3v) is 5.45. The van der Waals surface area contributed by atoms with E-state index in [9.17, 15) is 31.1 Å². The molecule has 3 rings (SSSR count). The monoisotopic (exact) mass is 502 g/mol. The van der Waals surface area contributed by atoms with Crippen molar-refractivity contribution in [2.45, 2.75) is 31.5 Å². The lowest BCUT2D eigenvalue weighted by Gasteiger charge is -2.38. The first kappa shape index (κ1) is 24.3. The fraction of sp³-hybridized carbons (Fsp3) is 0.500. The lowest BCUT2D eigenvalue weighted by molar-refractivity contribution is -0.132. The van der Waals surface area contributed by atoms with Crippen LogP contribution in [0.2, 0.25) is 0 Å². The highest BCUT2D eigenvalue weighted by atomic mass is 79.9. The summed E-state index contributed by atoms with van der Waals surface area (Å²) in [6, 6.07) is 0.358. The van der Waals surface area contributed by atoms with Crippen molar-refractivity contribution in [3.05, 3.63) is 45.5 Å². The molecule has 1 aromatic carbocycles. The Bertz CT molecular complexity index is 809. The molecular weight excluding hydrogens is 482 g/mol. The van der Waals surface area contributed by atoms with Gasteiger partial charge in [0.15, 0.2) is 17.8 Å². The second-order valence-corrected chi connectivity index (χ2v) is 7.51. The van der Waals surface area contributed by atoms with Crippen LogP contribution in [-0.4, -0.2) is 61.2 Å². The van der Waals surface area contributed by atoms with Gasteiger partial charge in [-0.05, 0) is 34.0 Å². The molecule has 2 heterocycles. The first-order valence-corrected chi connectivity index (χ1v) is 9.71. The average Bonchev–Trinajstić information content (AvgIpc) is 3.04. The number of alkyl halides is 3. The molecule has 30 heavy (non-hydrogen) atoms. The van der Waals surface area contributed by atoms with E-state index in [-0.39, 0.29) is 43.9 Å². The molecule has 2 aliphatic heterocycles. The standard InChI is InChI=1S/C17H18BrF5N4O.CH3F/c18-15-13-7-26(1-2-27(13)17(25-15)16(22)23)14(28)5-9(24)3-8-4-11(20)12(21)6-10(8)19;1-2/h4,6,9,16-17,25H,1-3,5,7,24H2;1H3. The number of nitrogens with two attached hydrogens (primary N) is 1. The molecule has 0 aromatic heterocycles. The summed E-state index contributed by atoms with van der Waals surface area (Å²) in [4.78, 5) is 15.5. The van der Waals surface area contributed by atoms with E-state index >= 15 is 0 Å². The summed E-state index contributed by atoms with van der Waals surface area (Å²) < 4.78 is 76.1. The molecule has 3 N–H and O–H groups in total. The van der Waals surface area contributed by atoms with Crippen molar-refractivity contribution in [1.29, 1.82) is 0 Å². The highest BCUT2D eigenvalue weighted by molar-refractivity contribution is 9.11. The molecule has 2 aliphatic rings. The molecule has 0 saturated carbocycles. The van der Waals surface area contributed by atoms with Crippen molar-refractivity contribution in [2.75, 3.05) is 26.8 Å². The third-order valence-electron chi connectivity index (χ3n) is 4.76. The van der Waals surface area contributed by atoms with Gasteiger partial charge in [0.05, 0.1) is 19.4 Å². The number of rotatable bonds is 5. The zero-order valence-corrected chi connectivity index (χ0v) is 17.5. The van der Waals surface area contributed by atoms with E-state index < -0.39 is 36.1 Å². The van der Waals surface area contributed by atoms with E-state index in [0.717, 1.165) is 6.07 Å². The Morgan fingerprint density at radius 3 is 2.47 bits per heavy atom. The van der Waals surface area contributed by atoms with E-state index in [1.54, 1.807) is 0 Å². The van der Waals surface area contributed by atoms with Crippen molar-refractivity contribution < 1.29 is 31.1 Å². The molecule has 2 atom stereocenters. The fourth-order valence-electron chi connectivity index (χ4n) is 3.35. The number of nitrogens with zero attached hydrogens (tertiary/aromatic N) is 2. The molecule has 1 saturated heterocycles. The third kappa shape index (κ3) is 5.39. The average molecular weight is 503 g/mol. The second kappa shape index (κ2) is 10.4. The molecule has 1 amide bonds. The summed E-state index contributed by atoms with van der Waals surface area (Å²) >= 11 is 3.20. The number of carbonyl (C=O) groups excluding carboxylic acids is 1. The van der Waals surface area contributed by atoms with Crippen molar-refractivity contribution in [2.24, 2.45) is 5.73 Å². The summed E-state index contributed by atoms with van der Waals surface area (Å²) in [6.07, 6.45) is -4.02. The van der Waals surface area contributed by atoms with Crippen LogP contribution < -0.4 is 11.1 Å². The summed E-state index contributed by atoms with van der Waals surface area (Å²) in [6.45, 7) is 0.590. The van der Waals surface area contributed by atoms with E-state index in [0.29, 0.717) is 23.5 Å². The number of carbonyl (C=O) groups is 1. The van der Waals surface area contributed by atoms with Gasteiger partial charge < -0.3 is 20.9 Å². The van der Waals surface area contributed by atoms with Crippen molar-refractivity contribution >= 4 is 21.8 Å². The van der Waals surface area contributed by atoms with Crippen molar-refractivity contribution in [1.82, 2.24) is 15.1 Å². The molecule has 12 heteroatoms. The number of hydrogen-bond donors (Lipinski definition) is 2. The van der Waals surface area contributed by atoms with Gasteiger partial charge in [0, 0.05) is 31.6 Å². The fourth-order valence-corrected chi connectivity index (χ4v) is 3.94. The predicted molar refractivity (Wildman–Crippen MR) is 102 cm³/mol. The maximum atomic E-state index is 13.7. The molecule has 1 fully saturated rings. The molecule has 2 unspecified atom stereocenters. The van der Waals surface area contributed by atoms with Crippen LogP contribution in [0.1, 0.15) is 12.0 Å². The van der Waals surface area contributed by atoms with Crippen LogP contribution in [0.25, 0.3) is 0 Å². The van der Waals surface area contributed by atoms with Crippen LogP contribution in [0, 0.1) is 17.5 Å². The van der Waals surface area contributed by atoms with Gasteiger partial charge >= 0.3 is 0 Å². The van der Waals surface area contributed by atoms with Gasteiger partial charge in [-0.15, -0.1) is 0 Å².